The summed E-state index contributed by atoms with van der Waals surface area (Å²) in [5, 5.41) is 16.0. The van der Waals surface area contributed by atoms with Crippen LogP contribution in [0, 0.1) is 11.8 Å². The van der Waals surface area contributed by atoms with E-state index in [1.54, 1.807) is 11.0 Å². The number of amides is 4. The fourth-order valence-electron chi connectivity index (χ4n) is 6.83. The normalized spacial score (nSPS) is 21.7. The molecule has 2 saturated heterocycles. The highest BCUT2D eigenvalue weighted by molar-refractivity contribution is 7.99. The topological polar surface area (TPSA) is 161 Å². The van der Waals surface area contributed by atoms with E-state index >= 15 is 0 Å². The maximum atomic E-state index is 13.6. The Hall–Kier alpha value is -3.54. The van der Waals surface area contributed by atoms with E-state index in [0.717, 1.165) is 55.0 Å². The highest BCUT2D eigenvalue weighted by Crippen LogP contribution is 2.37. The number of carboxylic acids is 1. The highest BCUT2D eigenvalue weighted by atomic mass is 32.2. The van der Waals surface area contributed by atoms with E-state index in [9.17, 15) is 29.1 Å². The van der Waals surface area contributed by atoms with Gasteiger partial charge in [-0.25, -0.2) is 4.79 Å². The Bertz CT molecular complexity index is 1330. The van der Waals surface area contributed by atoms with Gasteiger partial charge in [0, 0.05) is 42.4 Å². The Kier molecular flexibility index (Phi) is 9.63. The van der Waals surface area contributed by atoms with Crippen LogP contribution >= 0.6 is 11.9 Å². The Morgan fingerprint density at radius 1 is 1.09 bits per heavy atom. The first-order chi connectivity index (χ1) is 20.6. The van der Waals surface area contributed by atoms with E-state index in [0.29, 0.717) is 50.4 Å². The minimum absolute atomic E-state index is 0.00235. The second-order valence-corrected chi connectivity index (χ2v) is 13.4. The molecular weight excluding hydrogens is 570 g/mol. The third-order valence-corrected chi connectivity index (χ3v) is 10.3. The van der Waals surface area contributed by atoms with E-state index in [1.807, 2.05) is 24.3 Å². The van der Waals surface area contributed by atoms with E-state index < -0.39 is 34.6 Å². The van der Waals surface area contributed by atoms with Gasteiger partial charge in [0.05, 0.1) is 0 Å². The van der Waals surface area contributed by atoms with Crippen LogP contribution in [0.4, 0.5) is 0 Å². The molecule has 1 spiro atoms. The SMILES string of the molecule is CC(=O)N1CCC2(CC1)CC(CC(NC(=O)[C@H](CC1CCCCC1)SNC(=O)c1cc3ccccc3[nH]1)C(=O)O)C(=O)N2. The lowest BCUT2D eigenvalue weighted by Crippen LogP contribution is -2.51. The smallest absolute Gasteiger partial charge is 0.326 e. The van der Waals surface area contributed by atoms with Crippen molar-refractivity contribution in [3.05, 3.63) is 36.0 Å². The van der Waals surface area contributed by atoms with Gasteiger partial charge >= 0.3 is 5.97 Å². The molecule has 3 heterocycles. The van der Waals surface area contributed by atoms with Gasteiger partial charge in [0.1, 0.15) is 17.0 Å². The van der Waals surface area contributed by atoms with Crippen LogP contribution < -0.4 is 15.4 Å². The molecule has 0 bridgehead atoms. The Morgan fingerprint density at radius 3 is 2.49 bits per heavy atom. The van der Waals surface area contributed by atoms with Crippen LogP contribution in [0.1, 0.15) is 81.6 Å². The predicted molar refractivity (Wildman–Crippen MR) is 163 cm³/mol. The first kappa shape index (κ1) is 30.9. The molecule has 232 valence electrons. The number of benzene rings is 1. The number of carbonyl (C=O) groups is 5. The van der Waals surface area contributed by atoms with Crippen LogP contribution in [0.15, 0.2) is 30.3 Å². The lowest BCUT2D eigenvalue weighted by molar-refractivity contribution is -0.142. The Balaban J connectivity index is 1.22. The molecule has 12 heteroatoms. The molecule has 5 rings (SSSR count). The van der Waals surface area contributed by atoms with Crippen molar-refractivity contribution >= 4 is 52.4 Å². The molecule has 1 aromatic heterocycles. The maximum Gasteiger partial charge on any atom is 0.326 e. The van der Waals surface area contributed by atoms with Gasteiger partial charge in [-0.2, -0.15) is 0 Å². The molecule has 11 nitrogen and oxygen atoms in total. The molecule has 1 aliphatic carbocycles. The number of nitrogens with zero attached hydrogens (tertiary/aromatic N) is 1. The molecule has 0 radical (unpaired) electrons. The van der Waals surface area contributed by atoms with Crippen molar-refractivity contribution < 1.29 is 29.1 Å². The standard InChI is InChI=1S/C31H41N5O6S/c1-19(37)36-13-11-31(12-14-36)18-22(27(38)34-31)17-25(30(41)42)33-29(40)26(15-20-7-3-2-4-8-20)43-35-28(39)24-16-21-9-5-6-10-23(21)32-24/h5-6,9-10,16,20,22,25-26,32H,2-4,7-8,11-15,17-18H2,1H3,(H,33,40)(H,34,38)(H,35,39)(H,41,42)/t22?,25?,26-/m0/s1. The van der Waals surface area contributed by atoms with Gasteiger partial charge in [-0.3, -0.25) is 23.9 Å². The van der Waals surface area contributed by atoms with E-state index in [2.05, 4.69) is 20.3 Å². The molecule has 3 aliphatic rings. The minimum atomic E-state index is -1.24. The number of aromatic amines is 1. The molecule has 1 saturated carbocycles. The van der Waals surface area contributed by atoms with Crippen molar-refractivity contribution in [2.24, 2.45) is 11.8 Å². The fourth-order valence-corrected chi connectivity index (χ4v) is 7.73. The van der Waals surface area contributed by atoms with Crippen molar-refractivity contribution in [2.45, 2.75) is 88.0 Å². The molecule has 43 heavy (non-hydrogen) atoms. The Labute approximate surface area is 255 Å². The lowest BCUT2D eigenvalue weighted by Gasteiger charge is -2.39. The summed E-state index contributed by atoms with van der Waals surface area (Å²) in [5.74, 6) is -2.47. The third kappa shape index (κ3) is 7.52. The molecule has 3 fully saturated rings. The second kappa shape index (κ2) is 13.4. The van der Waals surface area contributed by atoms with E-state index in [4.69, 9.17) is 0 Å². The molecule has 2 aromatic rings. The summed E-state index contributed by atoms with van der Waals surface area (Å²) in [6, 6.07) is 8.07. The molecule has 1 aromatic carbocycles. The third-order valence-electron chi connectivity index (χ3n) is 9.33. The van der Waals surface area contributed by atoms with Crippen molar-refractivity contribution in [1.29, 1.82) is 0 Å². The Morgan fingerprint density at radius 2 is 1.81 bits per heavy atom. The largest absolute Gasteiger partial charge is 0.480 e. The summed E-state index contributed by atoms with van der Waals surface area (Å²) >= 11 is 1.02. The van der Waals surface area contributed by atoms with Crippen LogP contribution in [-0.4, -0.2) is 74.5 Å². The number of rotatable bonds is 10. The zero-order valence-corrected chi connectivity index (χ0v) is 25.3. The summed E-state index contributed by atoms with van der Waals surface area (Å²) in [6.45, 7) is 2.62. The number of piperidine rings is 1. The van der Waals surface area contributed by atoms with Crippen molar-refractivity contribution in [1.82, 2.24) is 25.2 Å². The molecule has 3 atom stereocenters. The number of hydrogen-bond acceptors (Lipinski definition) is 6. The minimum Gasteiger partial charge on any atom is -0.480 e. The number of para-hydroxylation sites is 1. The summed E-state index contributed by atoms with van der Waals surface area (Å²) < 4.78 is 2.81. The highest BCUT2D eigenvalue weighted by Gasteiger charge is 2.47. The van der Waals surface area contributed by atoms with Gasteiger partial charge in [-0.1, -0.05) is 50.3 Å². The van der Waals surface area contributed by atoms with Crippen LogP contribution in [0.3, 0.4) is 0 Å². The predicted octanol–water partition coefficient (Wildman–Crippen LogP) is 3.36. The second-order valence-electron chi connectivity index (χ2n) is 12.4. The first-order valence-electron chi connectivity index (χ1n) is 15.3. The van der Waals surface area contributed by atoms with Crippen molar-refractivity contribution in [2.75, 3.05) is 13.1 Å². The molecule has 5 N–H and O–H groups in total. The first-order valence-corrected chi connectivity index (χ1v) is 16.1. The number of aliphatic carboxylic acids is 1. The number of nitrogens with one attached hydrogen (secondary N) is 4. The summed E-state index contributed by atoms with van der Waals surface area (Å²) in [5.41, 5.74) is 0.761. The number of H-pyrrole nitrogens is 1. The number of fused-ring (bicyclic) bond motifs is 1. The maximum absolute atomic E-state index is 13.6. The zero-order valence-electron chi connectivity index (χ0n) is 24.5. The van der Waals surface area contributed by atoms with E-state index in [1.165, 1.54) is 6.92 Å². The van der Waals surface area contributed by atoms with Crippen LogP contribution in [0.25, 0.3) is 10.9 Å². The van der Waals surface area contributed by atoms with Gasteiger partial charge in [0.2, 0.25) is 17.7 Å². The fraction of sp³-hybridized carbons (Fsp3) is 0.581. The van der Waals surface area contributed by atoms with Crippen molar-refractivity contribution in [3.8, 4) is 0 Å². The summed E-state index contributed by atoms with van der Waals surface area (Å²) in [4.78, 5) is 68.4. The number of likely N-dealkylation sites (tertiary alicyclic amines) is 1. The molecule has 2 unspecified atom stereocenters. The van der Waals surface area contributed by atoms with Crippen molar-refractivity contribution in [3.63, 3.8) is 0 Å². The van der Waals surface area contributed by atoms with Crippen LogP contribution in [0.5, 0.6) is 0 Å². The van der Waals surface area contributed by atoms with Gasteiger partial charge in [-0.05, 0) is 62.1 Å². The number of hydrogen-bond donors (Lipinski definition) is 5. The molecule has 2 aliphatic heterocycles. The lowest BCUT2D eigenvalue weighted by atomic mass is 9.82. The number of carbonyl (C=O) groups excluding carboxylic acids is 4. The quantitative estimate of drug-likeness (QED) is 0.258. The summed E-state index contributed by atoms with van der Waals surface area (Å²) in [6.07, 6.45) is 7.54. The number of carboxylic acid groups (broad SMARTS) is 1. The zero-order chi connectivity index (χ0) is 30.6. The average molecular weight is 612 g/mol. The number of aromatic nitrogens is 1. The van der Waals surface area contributed by atoms with Crippen LogP contribution in [-0.2, 0) is 19.2 Å². The van der Waals surface area contributed by atoms with Gasteiger partial charge in [0.25, 0.3) is 5.91 Å². The molecular formula is C31H41N5O6S. The van der Waals surface area contributed by atoms with Gasteiger partial charge in [0.15, 0.2) is 0 Å². The average Bonchev–Trinajstić information content (AvgIpc) is 3.56. The van der Waals surface area contributed by atoms with Crippen LogP contribution in [0.2, 0.25) is 0 Å². The summed E-state index contributed by atoms with van der Waals surface area (Å²) in [7, 11) is 0. The van der Waals surface area contributed by atoms with Gasteiger partial charge in [-0.15, -0.1) is 0 Å². The van der Waals surface area contributed by atoms with Gasteiger partial charge < -0.3 is 25.6 Å². The van der Waals surface area contributed by atoms with E-state index in [-0.39, 0.29) is 24.1 Å². The monoisotopic (exact) mass is 611 g/mol. The molecule has 4 amide bonds.